The van der Waals surface area contributed by atoms with Crippen LogP contribution in [0.5, 0.6) is 0 Å². The molecule has 1 aromatic carbocycles. The highest BCUT2D eigenvalue weighted by molar-refractivity contribution is 7.89. The normalized spacial score (nSPS) is 16.5. The van der Waals surface area contributed by atoms with Crippen LogP contribution in [-0.2, 0) is 21.4 Å². The summed E-state index contributed by atoms with van der Waals surface area (Å²) in [6.45, 7) is 0.449. The second-order valence-corrected chi connectivity index (χ2v) is 8.16. The smallest absolute Gasteiger partial charge is 0.270 e. The predicted octanol–water partition coefficient (Wildman–Crippen LogP) is 0.0914. The molecule has 0 saturated heterocycles. The quantitative estimate of drug-likeness (QED) is 0.790. The van der Waals surface area contributed by atoms with Gasteiger partial charge in [0.15, 0.2) is 0 Å². The van der Waals surface area contributed by atoms with Crippen LogP contribution in [0, 0.1) is 5.82 Å². The summed E-state index contributed by atoms with van der Waals surface area (Å²) in [6.07, 6.45) is 0.829. The Morgan fingerprint density at radius 2 is 2.00 bits per heavy atom. The number of benzene rings is 1. The van der Waals surface area contributed by atoms with Gasteiger partial charge in [0, 0.05) is 38.9 Å². The number of halogens is 1. The third-order valence-electron chi connectivity index (χ3n) is 4.22. The van der Waals surface area contributed by atoms with Crippen LogP contribution in [0.25, 0.3) is 0 Å². The van der Waals surface area contributed by atoms with E-state index in [2.05, 4.69) is 10.4 Å². The summed E-state index contributed by atoms with van der Waals surface area (Å²) in [5.41, 5.74) is 0.0489. The topological polar surface area (TPSA) is 105 Å². The number of carbonyl (C=O) groups excluding carboxylic acids is 1. The summed E-state index contributed by atoms with van der Waals surface area (Å²) in [6, 6.07) is 5.29. The summed E-state index contributed by atoms with van der Waals surface area (Å²) >= 11 is 0. The Morgan fingerprint density at radius 3 is 2.70 bits per heavy atom. The molecule has 0 atom stereocenters. The highest BCUT2D eigenvalue weighted by atomic mass is 32.2. The fourth-order valence-corrected chi connectivity index (χ4v) is 4.10. The molecule has 2 heterocycles. The van der Waals surface area contributed by atoms with Crippen molar-refractivity contribution in [1.29, 1.82) is 0 Å². The van der Waals surface area contributed by atoms with Crippen LogP contribution >= 0.6 is 0 Å². The number of carbonyl (C=O) groups is 1. The van der Waals surface area contributed by atoms with Gasteiger partial charge in [0.05, 0.1) is 11.9 Å². The minimum Gasteiger partial charge on any atom is -0.372 e. The molecule has 0 fully saturated rings. The van der Waals surface area contributed by atoms with Gasteiger partial charge in [-0.05, 0) is 18.2 Å². The van der Waals surface area contributed by atoms with E-state index in [9.17, 15) is 22.4 Å². The number of sulfonamides is 1. The second-order valence-electron chi connectivity index (χ2n) is 6.15. The van der Waals surface area contributed by atoms with Crippen molar-refractivity contribution in [3.8, 4) is 0 Å². The second kappa shape index (κ2) is 7.08. The molecule has 1 N–H and O–H groups in total. The Bertz CT molecular complexity index is 1050. The van der Waals surface area contributed by atoms with E-state index >= 15 is 0 Å². The van der Waals surface area contributed by atoms with E-state index < -0.39 is 33.9 Å². The molecule has 0 saturated carbocycles. The number of nitrogens with one attached hydrogen (secondary N) is 1. The van der Waals surface area contributed by atoms with Gasteiger partial charge in [0.1, 0.15) is 17.3 Å². The average molecular weight is 395 g/mol. The number of nitrogens with zero attached hydrogens (tertiary/aromatic N) is 4. The van der Waals surface area contributed by atoms with Crippen molar-refractivity contribution in [2.45, 2.75) is 11.4 Å². The lowest BCUT2D eigenvalue weighted by Crippen LogP contribution is -2.30. The molecule has 9 nitrogen and oxygen atoms in total. The molecule has 2 aromatic rings. The van der Waals surface area contributed by atoms with Gasteiger partial charge < -0.3 is 10.2 Å². The van der Waals surface area contributed by atoms with Crippen molar-refractivity contribution in [2.24, 2.45) is 0 Å². The maximum absolute atomic E-state index is 12.9. The molecule has 0 bridgehead atoms. The van der Waals surface area contributed by atoms with E-state index in [0.29, 0.717) is 18.8 Å². The van der Waals surface area contributed by atoms with E-state index in [0.717, 1.165) is 16.9 Å². The number of anilines is 2. The standard InChI is InChI=1S/C16H18FN5O4S/c1-20-5-6-21(2)27(25,26)14-8-12(3-4-13(14)20)19-15(23)10-22-16(24)7-11(17)9-18-22/h3-4,7-9H,5-6,10H2,1-2H3,(H,19,23). The van der Waals surface area contributed by atoms with E-state index in [4.69, 9.17) is 0 Å². The highest BCUT2D eigenvalue weighted by Gasteiger charge is 2.29. The summed E-state index contributed by atoms with van der Waals surface area (Å²) in [4.78, 5) is 25.7. The molecule has 11 heteroatoms. The zero-order valence-electron chi connectivity index (χ0n) is 14.7. The van der Waals surface area contributed by atoms with Gasteiger partial charge in [-0.1, -0.05) is 0 Å². The maximum Gasteiger partial charge on any atom is 0.270 e. The van der Waals surface area contributed by atoms with Crippen LogP contribution in [-0.4, -0.2) is 55.6 Å². The number of amides is 1. The third kappa shape index (κ3) is 3.83. The molecule has 1 aliphatic heterocycles. The number of hydrogen-bond acceptors (Lipinski definition) is 6. The summed E-state index contributed by atoms with van der Waals surface area (Å²) < 4.78 is 40.3. The zero-order valence-corrected chi connectivity index (χ0v) is 15.5. The minimum absolute atomic E-state index is 0.0832. The van der Waals surface area contributed by atoms with E-state index in [1.54, 1.807) is 19.2 Å². The largest absolute Gasteiger partial charge is 0.372 e. The molecule has 0 aliphatic carbocycles. The number of fused-ring (bicyclic) bond motifs is 1. The van der Waals surface area contributed by atoms with Crippen molar-refractivity contribution in [1.82, 2.24) is 14.1 Å². The van der Waals surface area contributed by atoms with Crippen molar-refractivity contribution < 1.29 is 17.6 Å². The average Bonchev–Trinajstić information content (AvgIpc) is 2.68. The molecule has 1 aliphatic rings. The maximum atomic E-state index is 12.9. The Kier molecular flexibility index (Phi) is 4.98. The van der Waals surface area contributed by atoms with Crippen molar-refractivity contribution >= 4 is 27.3 Å². The molecule has 3 rings (SSSR count). The molecule has 0 unspecified atom stereocenters. The lowest BCUT2D eigenvalue weighted by Gasteiger charge is -2.18. The van der Waals surface area contributed by atoms with E-state index in [-0.39, 0.29) is 10.6 Å². The molecule has 144 valence electrons. The van der Waals surface area contributed by atoms with Crippen LogP contribution < -0.4 is 15.8 Å². The number of aromatic nitrogens is 2. The van der Waals surface area contributed by atoms with Crippen LogP contribution in [0.2, 0.25) is 0 Å². The molecule has 1 amide bonds. The fourth-order valence-electron chi connectivity index (χ4n) is 2.68. The third-order valence-corrected chi connectivity index (χ3v) is 6.11. The van der Waals surface area contributed by atoms with Gasteiger partial charge in [0.2, 0.25) is 15.9 Å². The fraction of sp³-hybridized carbons (Fsp3) is 0.312. The van der Waals surface area contributed by atoms with Gasteiger partial charge in [-0.2, -0.15) is 9.40 Å². The Balaban J connectivity index is 1.86. The van der Waals surface area contributed by atoms with Crippen LogP contribution in [0.15, 0.2) is 40.2 Å². The van der Waals surface area contributed by atoms with E-state index in [1.807, 2.05) is 4.90 Å². The number of likely N-dealkylation sites (N-methyl/N-ethyl adjacent to an activating group) is 2. The Morgan fingerprint density at radius 1 is 1.26 bits per heavy atom. The van der Waals surface area contributed by atoms with Crippen molar-refractivity contribution in [3.05, 3.63) is 46.6 Å². The summed E-state index contributed by atoms with van der Waals surface area (Å²) in [5.74, 6) is -1.38. The van der Waals surface area contributed by atoms with Crippen LogP contribution in [0.3, 0.4) is 0 Å². The van der Waals surface area contributed by atoms with Crippen LogP contribution in [0.1, 0.15) is 0 Å². The minimum atomic E-state index is -3.69. The molecular formula is C16H18FN5O4S. The first-order valence-electron chi connectivity index (χ1n) is 8.02. The van der Waals surface area contributed by atoms with Crippen molar-refractivity contribution in [3.63, 3.8) is 0 Å². The Labute approximate surface area is 155 Å². The summed E-state index contributed by atoms with van der Waals surface area (Å²) in [7, 11) is -0.401. The first-order valence-corrected chi connectivity index (χ1v) is 9.46. The zero-order chi connectivity index (χ0) is 19.8. The van der Waals surface area contributed by atoms with Gasteiger partial charge in [-0.15, -0.1) is 0 Å². The molecule has 0 radical (unpaired) electrons. The van der Waals surface area contributed by atoms with Gasteiger partial charge in [-0.3, -0.25) is 9.59 Å². The predicted molar refractivity (Wildman–Crippen MR) is 96.6 cm³/mol. The molecular weight excluding hydrogens is 377 g/mol. The lowest BCUT2D eigenvalue weighted by molar-refractivity contribution is -0.117. The highest BCUT2D eigenvalue weighted by Crippen LogP contribution is 2.31. The number of rotatable bonds is 3. The molecule has 1 aromatic heterocycles. The Hall–Kier alpha value is -2.79. The SMILES string of the molecule is CN1CCN(C)S(=O)(=O)c2cc(NC(=O)Cn3ncc(F)cc3=O)ccc21. The first-order chi connectivity index (χ1) is 12.7. The molecule has 0 spiro atoms. The van der Waals surface area contributed by atoms with Gasteiger partial charge >= 0.3 is 0 Å². The van der Waals surface area contributed by atoms with Gasteiger partial charge in [0.25, 0.3) is 5.56 Å². The lowest BCUT2D eigenvalue weighted by atomic mass is 10.2. The van der Waals surface area contributed by atoms with E-state index in [1.165, 1.54) is 17.4 Å². The van der Waals surface area contributed by atoms with Gasteiger partial charge in [-0.25, -0.2) is 17.5 Å². The summed E-state index contributed by atoms with van der Waals surface area (Å²) in [5, 5.41) is 6.08. The monoisotopic (exact) mass is 395 g/mol. The van der Waals surface area contributed by atoms with Crippen molar-refractivity contribution in [2.75, 3.05) is 37.4 Å². The van der Waals surface area contributed by atoms with Crippen LogP contribution in [0.4, 0.5) is 15.8 Å². The first kappa shape index (κ1) is 19.0. The number of hydrogen-bond donors (Lipinski definition) is 1. The molecule has 27 heavy (non-hydrogen) atoms.